The third kappa shape index (κ3) is 4.65. The van der Waals surface area contributed by atoms with Crippen LogP contribution in [0.25, 0.3) is 0 Å². The number of imide groups is 2. The highest BCUT2D eigenvalue weighted by molar-refractivity contribution is 6.05. The Balaban J connectivity index is 1.73. The molecular formula is C16H21N3O6. The number of likely N-dealkylation sites (tertiary alicyclic amines) is 1. The van der Waals surface area contributed by atoms with Gasteiger partial charge in [0.25, 0.3) is 5.91 Å². The number of carbonyl (C=O) groups excluding carboxylic acids is 5. The number of rotatable bonds is 6. The largest absolute Gasteiger partial charge is 0.456 e. The minimum absolute atomic E-state index is 0.0680. The maximum Gasteiger partial charge on any atom is 0.321 e. The van der Waals surface area contributed by atoms with Crippen LogP contribution in [0.2, 0.25) is 0 Å². The number of carbonyl (C=O) groups is 5. The van der Waals surface area contributed by atoms with Crippen molar-refractivity contribution in [3.05, 3.63) is 12.2 Å². The number of nitrogens with one attached hydrogen (secondary N) is 2. The van der Waals surface area contributed by atoms with Crippen molar-refractivity contribution in [2.45, 2.75) is 26.2 Å². The lowest BCUT2D eigenvalue weighted by Crippen LogP contribution is -2.41. The monoisotopic (exact) mass is 351 g/mol. The minimum atomic E-state index is -0.760. The predicted molar refractivity (Wildman–Crippen MR) is 84.9 cm³/mol. The molecule has 25 heavy (non-hydrogen) atoms. The second-order valence-electron chi connectivity index (χ2n) is 5.80. The lowest BCUT2D eigenvalue weighted by atomic mass is 9.85. The molecule has 2 rings (SSSR count). The van der Waals surface area contributed by atoms with Gasteiger partial charge in [-0.15, -0.1) is 0 Å². The van der Waals surface area contributed by atoms with E-state index in [0.717, 1.165) is 4.90 Å². The van der Waals surface area contributed by atoms with Gasteiger partial charge in [-0.05, 0) is 19.8 Å². The Labute approximate surface area is 144 Å². The Morgan fingerprint density at radius 3 is 2.32 bits per heavy atom. The van der Waals surface area contributed by atoms with E-state index in [1.54, 1.807) is 6.92 Å². The number of esters is 1. The highest BCUT2D eigenvalue weighted by atomic mass is 16.5. The van der Waals surface area contributed by atoms with E-state index in [2.05, 4.69) is 5.32 Å². The highest BCUT2D eigenvalue weighted by Crippen LogP contribution is 2.34. The van der Waals surface area contributed by atoms with Crippen LogP contribution in [0.15, 0.2) is 12.2 Å². The number of urea groups is 1. The van der Waals surface area contributed by atoms with Gasteiger partial charge in [-0.25, -0.2) is 4.79 Å². The molecule has 1 fully saturated rings. The van der Waals surface area contributed by atoms with Gasteiger partial charge in [-0.2, -0.15) is 0 Å². The molecule has 1 heterocycles. The molecule has 0 aromatic carbocycles. The number of amides is 5. The van der Waals surface area contributed by atoms with Crippen LogP contribution < -0.4 is 10.6 Å². The molecule has 0 aromatic rings. The quantitative estimate of drug-likeness (QED) is 0.385. The topological polar surface area (TPSA) is 122 Å². The first-order valence-corrected chi connectivity index (χ1v) is 8.17. The Hall–Kier alpha value is -2.71. The van der Waals surface area contributed by atoms with E-state index in [4.69, 9.17) is 4.74 Å². The number of allylic oxidation sites excluding steroid dienone is 2. The summed E-state index contributed by atoms with van der Waals surface area (Å²) in [6.07, 6.45) is 4.65. The third-order valence-corrected chi connectivity index (χ3v) is 4.09. The number of hydrogen-bond acceptors (Lipinski definition) is 6. The molecule has 1 saturated heterocycles. The normalized spacial score (nSPS) is 21.7. The first-order chi connectivity index (χ1) is 11.9. The first-order valence-electron chi connectivity index (χ1n) is 8.17. The molecule has 2 N–H and O–H groups in total. The zero-order valence-electron chi connectivity index (χ0n) is 13.9. The number of ether oxygens (including phenoxy) is 1. The molecule has 0 radical (unpaired) electrons. The summed E-state index contributed by atoms with van der Waals surface area (Å²) in [5.41, 5.74) is 0. The van der Waals surface area contributed by atoms with Crippen molar-refractivity contribution in [3.63, 3.8) is 0 Å². The molecule has 0 aromatic heterocycles. The fourth-order valence-electron chi connectivity index (χ4n) is 2.88. The summed E-state index contributed by atoms with van der Waals surface area (Å²) in [6.45, 7) is 1.37. The van der Waals surface area contributed by atoms with Crippen molar-refractivity contribution < 1.29 is 28.7 Å². The average molecular weight is 351 g/mol. The highest BCUT2D eigenvalue weighted by Gasteiger charge is 2.46. The van der Waals surface area contributed by atoms with Crippen LogP contribution in [0.5, 0.6) is 0 Å². The fourth-order valence-corrected chi connectivity index (χ4v) is 2.88. The Morgan fingerprint density at radius 1 is 1.16 bits per heavy atom. The Kier molecular flexibility index (Phi) is 6.26. The van der Waals surface area contributed by atoms with Crippen LogP contribution >= 0.6 is 0 Å². The van der Waals surface area contributed by atoms with E-state index in [1.165, 1.54) is 0 Å². The van der Waals surface area contributed by atoms with Crippen molar-refractivity contribution in [1.29, 1.82) is 0 Å². The minimum Gasteiger partial charge on any atom is -0.456 e. The van der Waals surface area contributed by atoms with Gasteiger partial charge >= 0.3 is 12.0 Å². The van der Waals surface area contributed by atoms with E-state index in [9.17, 15) is 24.0 Å². The second-order valence-corrected chi connectivity index (χ2v) is 5.80. The van der Waals surface area contributed by atoms with E-state index >= 15 is 0 Å². The first kappa shape index (κ1) is 18.6. The number of hydrogen-bond donors (Lipinski definition) is 2. The predicted octanol–water partition coefficient (Wildman–Crippen LogP) is -0.283. The standard InChI is InChI=1S/C16H21N3O6/c1-2-17-16(24)18-12(20)9-25-13(21)7-8-19-14(22)10-5-3-4-6-11(10)15(19)23/h3-4,10-11H,2,5-9H2,1H3,(H2,17,18,20,24)/t10-,11-/m1/s1. The van der Waals surface area contributed by atoms with Crippen molar-refractivity contribution >= 4 is 29.7 Å². The van der Waals surface area contributed by atoms with Gasteiger partial charge in [0.2, 0.25) is 11.8 Å². The summed E-state index contributed by atoms with van der Waals surface area (Å²) < 4.78 is 4.74. The summed E-state index contributed by atoms with van der Waals surface area (Å²) >= 11 is 0. The van der Waals surface area contributed by atoms with Crippen molar-refractivity contribution in [3.8, 4) is 0 Å². The van der Waals surface area contributed by atoms with Gasteiger partial charge in [0.15, 0.2) is 6.61 Å². The molecule has 1 aliphatic heterocycles. The maximum atomic E-state index is 12.2. The SMILES string of the molecule is CCNC(=O)NC(=O)COC(=O)CCN1C(=O)[C@@H]2CC=CC[C@H]2C1=O. The molecule has 0 unspecified atom stereocenters. The number of fused-ring (bicyclic) bond motifs is 1. The lowest BCUT2D eigenvalue weighted by molar-refractivity contribution is -0.149. The molecular weight excluding hydrogens is 330 g/mol. The summed E-state index contributed by atoms with van der Waals surface area (Å²) in [5.74, 6) is -2.68. The Bertz CT molecular complexity index is 589. The fraction of sp³-hybridized carbons (Fsp3) is 0.562. The third-order valence-electron chi connectivity index (χ3n) is 4.09. The van der Waals surface area contributed by atoms with Gasteiger partial charge in [-0.3, -0.25) is 29.4 Å². The Morgan fingerprint density at radius 2 is 1.76 bits per heavy atom. The van der Waals surface area contributed by atoms with Gasteiger partial charge in [0.1, 0.15) is 0 Å². The molecule has 5 amide bonds. The van der Waals surface area contributed by atoms with Crippen LogP contribution in [-0.4, -0.2) is 54.3 Å². The summed E-state index contributed by atoms with van der Waals surface area (Å²) in [5, 5.41) is 4.35. The van der Waals surface area contributed by atoms with Crippen LogP contribution in [0.4, 0.5) is 4.79 Å². The van der Waals surface area contributed by atoms with Crippen LogP contribution in [-0.2, 0) is 23.9 Å². The summed E-state index contributed by atoms with van der Waals surface area (Å²) in [7, 11) is 0. The van der Waals surface area contributed by atoms with Crippen molar-refractivity contribution in [1.82, 2.24) is 15.5 Å². The van der Waals surface area contributed by atoms with Crippen LogP contribution in [0, 0.1) is 11.8 Å². The molecule has 0 spiro atoms. The van der Waals surface area contributed by atoms with E-state index < -0.39 is 24.5 Å². The molecule has 2 aliphatic rings. The van der Waals surface area contributed by atoms with E-state index in [0.29, 0.717) is 19.4 Å². The van der Waals surface area contributed by atoms with E-state index in [1.807, 2.05) is 17.5 Å². The van der Waals surface area contributed by atoms with Crippen LogP contribution in [0.1, 0.15) is 26.2 Å². The lowest BCUT2D eigenvalue weighted by Gasteiger charge is -2.14. The zero-order valence-corrected chi connectivity index (χ0v) is 13.9. The maximum absolute atomic E-state index is 12.2. The van der Waals surface area contributed by atoms with Crippen molar-refractivity contribution in [2.75, 3.05) is 19.7 Å². The van der Waals surface area contributed by atoms with Gasteiger partial charge < -0.3 is 10.1 Å². The zero-order chi connectivity index (χ0) is 18.4. The van der Waals surface area contributed by atoms with Crippen LogP contribution in [0.3, 0.4) is 0 Å². The molecule has 9 heteroatoms. The molecule has 9 nitrogen and oxygen atoms in total. The summed E-state index contributed by atoms with van der Waals surface area (Å²) in [4.78, 5) is 59.7. The summed E-state index contributed by atoms with van der Waals surface area (Å²) in [6, 6.07) is -0.673. The van der Waals surface area contributed by atoms with Crippen molar-refractivity contribution in [2.24, 2.45) is 11.8 Å². The van der Waals surface area contributed by atoms with E-state index in [-0.39, 0.29) is 36.6 Å². The smallest absolute Gasteiger partial charge is 0.321 e. The van der Waals surface area contributed by atoms with Gasteiger partial charge in [0, 0.05) is 13.1 Å². The average Bonchev–Trinajstić information content (AvgIpc) is 2.83. The molecule has 0 bridgehead atoms. The molecule has 136 valence electrons. The molecule has 1 aliphatic carbocycles. The second kappa shape index (κ2) is 8.41. The molecule has 2 atom stereocenters. The number of nitrogens with zero attached hydrogens (tertiary/aromatic N) is 1. The molecule has 0 saturated carbocycles. The van der Waals surface area contributed by atoms with Gasteiger partial charge in [0.05, 0.1) is 18.3 Å². The van der Waals surface area contributed by atoms with Gasteiger partial charge in [-0.1, -0.05) is 12.2 Å².